The van der Waals surface area contributed by atoms with E-state index < -0.39 is 6.09 Å². The van der Waals surface area contributed by atoms with Crippen LogP contribution in [0.15, 0.2) is 0 Å². The molecule has 2 N–H and O–H groups in total. The minimum Gasteiger partial charge on any atom is -0.465 e. The molecule has 0 aliphatic carbocycles. The number of amides is 1. The predicted octanol–water partition coefficient (Wildman–Crippen LogP) is 1.91. The first-order valence-electron chi connectivity index (χ1n) is 5.57. The van der Waals surface area contributed by atoms with Crippen LogP contribution in [0.25, 0.3) is 0 Å². The molecule has 4 heteroatoms. The summed E-state index contributed by atoms with van der Waals surface area (Å²) in [5.41, 5.74) is 0.109. The smallest absolute Gasteiger partial charge is 0.404 e. The highest BCUT2D eigenvalue weighted by Gasteiger charge is 2.32. The van der Waals surface area contributed by atoms with Gasteiger partial charge in [-0.15, -0.1) is 0 Å². The van der Waals surface area contributed by atoms with E-state index >= 15 is 0 Å². The van der Waals surface area contributed by atoms with E-state index in [0.717, 1.165) is 19.4 Å². The number of nitrogens with one attached hydrogen (secondary N) is 1. The van der Waals surface area contributed by atoms with Crippen molar-refractivity contribution in [2.24, 2.45) is 0 Å². The van der Waals surface area contributed by atoms with E-state index in [1.54, 1.807) is 0 Å². The highest BCUT2D eigenvalue weighted by atomic mass is 16.4. The Morgan fingerprint density at radius 3 is 2.47 bits per heavy atom. The fourth-order valence-corrected chi connectivity index (χ4v) is 2.33. The van der Waals surface area contributed by atoms with Crippen molar-refractivity contribution in [1.29, 1.82) is 0 Å². The Morgan fingerprint density at radius 1 is 1.40 bits per heavy atom. The third-order valence-electron chi connectivity index (χ3n) is 3.07. The second kappa shape index (κ2) is 4.39. The van der Waals surface area contributed by atoms with Crippen molar-refractivity contribution in [3.8, 4) is 0 Å². The van der Waals surface area contributed by atoms with Crippen LogP contribution < -0.4 is 5.32 Å². The van der Waals surface area contributed by atoms with E-state index in [-0.39, 0.29) is 11.6 Å². The van der Waals surface area contributed by atoms with Crippen molar-refractivity contribution in [2.75, 3.05) is 6.54 Å². The molecule has 1 fully saturated rings. The van der Waals surface area contributed by atoms with Crippen LogP contribution in [0.4, 0.5) is 4.79 Å². The number of likely N-dealkylation sites (tertiary alicyclic amines) is 1. The normalized spacial score (nSPS) is 28.8. The van der Waals surface area contributed by atoms with Crippen LogP contribution in [-0.2, 0) is 0 Å². The molecule has 1 heterocycles. The zero-order chi connectivity index (χ0) is 11.6. The molecule has 0 saturated carbocycles. The average Bonchev–Trinajstić information content (AvgIpc) is 2.05. The van der Waals surface area contributed by atoms with Crippen LogP contribution in [0.2, 0.25) is 0 Å². The lowest BCUT2D eigenvalue weighted by molar-refractivity contribution is 0.0443. The van der Waals surface area contributed by atoms with E-state index in [1.807, 2.05) is 0 Å². The molecule has 88 valence electrons. The Morgan fingerprint density at radius 2 is 2.00 bits per heavy atom. The summed E-state index contributed by atoms with van der Waals surface area (Å²) in [6, 6.07) is 0.620. The number of rotatable bonds is 1. The molecule has 15 heavy (non-hydrogen) atoms. The van der Waals surface area contributed by atoms with Crippen LogP contribution in [0.3, 0.4) is 0 Å². The molecule has 2 atom stereocenters. The summed E-state index contributed by atoms with van der Waals surface area (Å²) >= 11 is 0. The first-order valence-corrected chi connectivity index (χ1v) is 5.57. The maximum Gasteiger partial charge on any atom is 0.404 e. The monoisotopic (exact) mass is 214 g/mol. The van der Waals surface area contributed by atoms with Crippen molar-refractivity contribution in [2.45, 2.75) is 58.2 Å². The Hall–Kier alpha value is -0.770. The minimum atomic E-state index is -0.914. The third kappa shape index (κ3) is 3.38. The largest absolute Gasteiger partial charge is 0.465 e. The maximum atomic E-state index is 10.6. The van der Waals surface area contributed by atoms with Crippen molar-refractivity contribution in [3.05, 3.63) is 0 Å². The van der Waals surface area contributed by atoms with E-state index in [0.29, 0.717) is 6.04 Å². The molecule has 0 spiro atoms. The lowest BCUT2D eigenvalue weighted by Gasteiger charge is -2.45. The summed E-state index contributed by atoms with van der Waals surface area (Å²) in [6.45, 7) is 9.55. The summed E-state index contributed by atoms with van der Waals surface area (Å²) in [6.07, 6.45) is 1.09. The van der Waals surface area contributed by atoms with Crippen LogP contribution in [0.1, 0.15) is 40.5 Å². The minimum absolute atomic E-state index is 0.0814. The van der Waals surface area contributed by atoms with Gasteiger partial charge in [-0.2, -0.15) is 0 Å². The molecule has 1 saturated heterocycles. The molecule has 1 aliphatic rings. The number of hydrogen-bond acceptors (Lipinski definition) is 2. The van der Waals surface area contributed by atoms with Crippen LogP contribution in [0, 0.1) is 0 Å². The highest BCUT2D eigenvalue weighted by molar-refractivity contribution is 5.64. The van der Waals surface area contributed by atoms with Gasteiger partial charge in [-0.25, -0.2) is 4.79 Å². The van der Waals surface area contributed by atoms with E-state index in [4.69, 9.17) is 5.11 Å². The zero-order valence-electron chi connectivity index (χ0n) is 10.1. The number of carboxylic acid groups (broad SMARTS) is 1. The summed E-state index contributed by atoms with van der Waals surface area (Å²) in [4.78, 5) is 12.9. The number of piperidine rings is 1. The molecule has 0 unspecified atom stereocenters. The van der Waals surface area contributed by atoms with Gasteiger partial charge in [-0.3, -0.25) is 4.90 Å². The standard InChI is InChI=1S/C11H22N2O2/c1-8-5-6-9(12-10(14)15)7-13(8)11(2,3)4/h8-9,12H,5-7H2,1-4H3,(H,14,15)/t8-,9+/m0/s1. The van der Waals surface area contributed by atoms with Crippen LogP contribution >= 0.6 is 0 Å². The topological polar surface area (TPSA) is 52.6 Å². The Balaban J connectivity index is 2.60. The lowest BCUT2D eigenvalue weighted by atomic mass is 9.93. The summed E-state index contributed by atoms with van der Waals surface area (Å²) in [5, 5.41) is 11.3. The second-order valence-corrected chi connectivity index (χ2v) is 5.40. The molecule has 0 radical (unpaired) electrons. The predicted molar refractivity (Wildman–Crippen MR) is 60.1 cm³/mol. The maximum absolute atomic E-state index is 10.6. The molecular weight excluding hydrogens is 192 g/mol. The van der Waals surface area contributed by atoms with Gasteiger partial charge in [-0.05, 0) is 40.5 Å². The van der Waals surface area contributed by atoms with Crippen LogP contribution in [0.5, 0.6) is 0 Å². The molecule has 0 aromatic carbocycles. The van der Waals surface area contributed by atoms with E-state index in [2.05, 4.69) is 37.9 Å². The molecule has 4 nitrogen and oxygen atoms in total. The van der Waals surface area contributed by atoms with Gasteiger partial charge in [0, 0.05) is 24.2 Å². The quantitative estimate of drug-likeness (QED) is 0.701. The summed E-state index contributed by atoms with van der Waals surface area (Å²) < 4.78 is 0. The van der Waals surface area contributed by atoms with Gasteiger partial charge >= 0.3 is 6.09 Å². The van der Waals surface area contributed by atoms with Gasteiger partial charge in [0.25, 0.3) is 0 Å². The lowest BCUT2D eigenvalue weighted by Crippen LogP contribution is -2.57. The second-order valence-electron chi connectivity index (χ2n) is 5.40. The molecule has 0 bridgehead atoms. The Labute approximate surface area is 91.6 Å². The zero-order valence-corrected chi connectivity index (χ0v) is 10.1. The van der Waals surface area contributed by atoms with Crippen molar-refractivity contribution in [3.63, 3.8) is 0 Å². The molecule has 1 amide bonds. The summed E-state index contributed by atoms with van der Waals surface area (Å²) in [5.74, 6) is 0. The SMILES string of the molecule is C[C@H]1CC[C@@H](NC(=O)O)CN1C(C)(C)C. The average molecular weight is 214 g/mol. The highest BCUT2D eigenvalue weighted by Crippen LogP contribution is 2.25. The number of carbonyl (C=O) groups is 1. The Kier molecular flexibility index (Phi) is 3.60. The van der Waals surface area contributed by atoms with Gasteiger partial charge in [-0.1, -0.05) is 0 Å². The van der Waals surface area contributed by atoms with Gasteiger partial charge < -0.3 is 10.4 Å². The van der Waals surface area contributed by atoms with Gasteiger partial charge in [0.15, 0.2) is 0 Å². The van der Waals surface area contributed by atoms with E-state index in [9.17, 15) is 4.79 Å². The van der Waals surface area contributed by atoms with Gasteiger partial charge in [0.05, 0.1) is 0 Å². The molecule has 1 aliphatic heterocycles. The molecule has 0 aromatic rings. The van der Waals surface area contributed by atoms with Crippen molar-refractivity contribution in [1.82, 2.24) is 10.2 Å². The van der Waals surface area contributed by atoms with Gasteiger partial charge in [0.1, 0.15) is 0 Å². The first kappa shape index (κ1) is 12.3. The van der Waals surface area contributed by atoms with Crippen molar-refractivity contribution >= 4 is 6.09 Å². The fraction of sp³-hybridized carbons (Fsp3) is 0.909. The van der Waals surface area contributed by atoms with E-state index in [1.165, 1.54) is 0 Å². The van der Waals surface area contributed by atoms with Crippen LogP contribution in [-0.4, -0.2) is 40.3 Å². The summed E-state index contributed by atoms with van der Waals surface area (Å²) in [7, 11) is 0. The molecule has 1 rings (SSSR count). The van der Waals surface area contributed by atoms with Crippen molar-refractivity contribution < 1.29 is 9.90 Å². The number of nitrogens with zero attached hydrogens (tertiary/aromatic N) is 1. The first-order chi connectivity index (χ1) is 6.80. The third-order valence-corrected chi connectivity index (χ3v) is 3.07. The fourth-order valence-electron chi connectivity index (χ4n) is 2.33. The molecular formula is C11H22N2O2. The Bertz CT molecular complexity index is 235. The van der Waals surface area contributed by atoms with Gasteiger partial charge in [0.2, 0.25) is 0 Å². The molecule has 0 aromatic heterocycles. The number of hydrogen-bond donors (Lipinski definition) is 2.